The van der Waals surface area contributed by atoms with Crippen molar-refractivity contribution in [2.24, 2.45) is 0 Å². The molecular formula is C11H23NO. The lowest BCUT2D eigenvalue weighted by atomic mass is 9.82. The molecule has 2 heteroatoms. The van der Waals surface area contributed by atoms with Gasteiger partial charge in [-0.15, -0.1) is 0 Å². The fraction of sp³-hybridized carbons (Fsp3) is 1.00. The summed E-state index contributed by atoms with van der Waals surface area (Å²) in [7, 11) is 2.10. The Hall–Kier alpha value is -0.0800. The van der Waals surface area contributed by atoms with Crippen LogP contribution in [0.2, 0.25) is 0 Å². The first-order valence-corrected chi connectivity index (χ1v) is 5.50. The lowest BCUT2D eigenvalue weighted by Crippen LogP contribution is -2.66. The third-order valence-electron chi connectivity index (χ3n) is 3.15. The van der Waals surface area contributed by atoms with E-state index < -0.39 is 5.60 Å². The van der Waals surface area contributed by atoms with Crippen LogP contribution in [0.5, 0.6) is 0 Å². The van der Waals surface area contributed by atoms with E-state index in [4.69, 9.17) is 0 Å². The van der Waals surface area contributed by atoms with Gasteiger partial charge in [0.2, 0.25) is 0 Å². The minimum absolute atomic E-state index is 0.407. The van der Waals surface area contributed by atoms with Gasteiger partial charge in [0.05, 0.1) is 5.60 Å². The summed E-state index contributed by atoms with van der Waals surface area (Å²) in [5.74, 6) is 0. The molecule has 0 aromatic rings. The highest BCUT2D eigenvalue weighted by molar-refractivity contribution is 5.00. The van der Waals surface area contributed by atoms with Crippen LogP contribution >= 0.6 is 0 Å². The molecule has 2 atom stereocenters. The van der Waals surface area contributed by atoms with Gasteiger partial charge in [0.15, 0.2) is 0 Å². The number of unbranched alkanes of at least 4 members (excludes halogenated alkanes) is 3. The molecule has 1 N–H and O–H groups in total. The predicted molar refractivity (Wildman–Crippen MR) is 55.8 cm³/mol. The topological polar surface area (TPSA) is 23.5 Å². The van der Waals surface area contributed by atoms with Crippen molar-refractivity contribution in [3.05, 3.63) is 0 Å². The van der Waals surface area contributed by atoms with Crippen LogP contribution in [0.15, 0.2) is 0 Å². The maximum Gasteiger partial charge on any atom is 0.0900 e. The molecule has 1 fully saturated rings. The SMILES string of the molecule is CCCCCCC1N(C)CC1(C)O. The summed E-state index contributed by atoms with van der Waals surface area (Å²) in [5, 5.41) is 9.86. The third kappa shape index (κ3) is 2.68. The van der Waals surface area contributed by atoms with Crippen LogP contribution in [0.3, 0.4) is 0 Å². The van der Waals surface area contributed by atoms with Crippen molar-refractivity contribution >= 4 is 0 Å². The molecule has 1 rings (SSSR count). The molecular weight excluding hydrogens is 162 g/mol. The van der Waals surface area contributed by atoms with Crippen molar-refractivity contribution in [2.75, 3.05) is 13.6 Å². The molecule has 0 saturated carbocycles. The molecule has 0 aliphatic carbocycles. The van der Waals surface area contributed by atoms with Crippen molar-refractivity contribution in [1.29, 1.82) is 0 Å². The number of aliphatic hydroxyl groups is 1. The summed E-state index contributed by atoms with van der Waals surface area (Å²) in [5.41, 5.74) is -0.416. The van der Waals surface area contributed by atoms with Gasteiger partial charge in [0.1, 0.15) is 0 Å². The number of rotatable bonds is 5. The zero-order valence-electron chi connectivity index (χ0n) is 9.21. The van der Waals surface area contributed by atoms with Crippen molar-refractivity contribution < 1.29 is 5.11 Å². The standard InChI is InChI=1S/C11H23NO/c1-4-5-6-7-8-10-11(2,13)9-12(10)3/h10,13H,4-9H2,1-3H3. The van der Waals surface area contributed by atoms with E-state index in [1.807, 2.05) is 6.92 Å². The Balaban J connectivity index is 2.13. The lowest BCUT2D eigenvalue weighted by Gasteiger charge is -2.51. The summed E-state index contributed by atoms with van der Waals surface area (Å²) in [6, 6.07) is 0.407. The Morgan fingerprint density at radius 2 is 2.08 bits per heavy atom. The fourth-order valence-corrected chi connectivity index (χ4v) is 2.38. The molecule has 13 heavy (non-hydrogen) atoms. The Labute approximate surface area is 81.9 Å². The second-order valence-corrected chi connectivity index (χ2v) is 4.64. The van der Waals surface area contributed by atoms with Crippen LogP contribution in [0.25, 0.3) is 0 Å². The van der Waals surface area contributed by atoms with Gasteiger partial charge in [-0.1, -0.05) is 32.6 Å². The van der Waals surface area contributed by atoms with Crippen molar-refractivity contribution in [3.63, 3.8) is 0 Å². The molecule has 1 heterocycles. The van der Waals surface area contributed by atoms with Crippen LogP contribution in [0.4, 0.5) is 0 Å². The predicted octanol–water partition coefficient (Wildman–Crippen LogP) is 2.02. The highest BCUT2D eigenvalue weighted by Crippen LogP contribution is 2.30. The Morgan fingerprint density at radius 3 is 2.54 bits per heavy atom. The Bertz CT molecular complexity index is 156. The third-order valence-corrected chi connectivity index (χ3v) is 3.15. The van der Waals surface area contributed by atoms with Crippen LogP contribution in [0.1, 0.15) is 46.0 Å². The smallest absolute Gasteiger partial charge is 0.0900 e. The maximum absolute atomic E-state index is 9.86. The minimum atomic E-state index is -0.416. The average Bonchev–Trinajstić information content (AvgIpc) is 2.03. The number of hydrogen-bond acceptors (Lipinski definition) is 2. The molecule has 1 saturated heterocycles. The first-order chi connectivity index (χ1) is 6.08. The van der Waals surface area contributed by atoms with Crippen molar-refractivity contribution in [2.45, 2.75) is 57.6 Å². The molecule has 2 unspecified atom stereocenters. The monoisotopic (exact) mass is 185 g/mol. The number of likely N-dealkylation sites (N-methyl/N-ethyl adjacent to an activating group) is 1. The van der Waals surface area contributed by atoms with Gasteiger partial charge in [-0.2, -0.15) is 0 Å². The molecule has 0 radical (unpaired) electrons. The van der Waals surface area contributed by atoms with E-state index in [0.717, 1.165) is 13.0 Å². The molecule has 78 valence electrons. The van der Waals surface area contributed by atoms with Crippen LogP contribution in [-0.2, 0) is 0 Å². The van der Waals surface area contributed by atoms with E-state index in [2.05, 4.69) is 18.9 Å². The highest BCUT2D eigenvalue weighted by Gasteiger charge is 2.44. The molecule has 0 bridgehead atoms. The number of β-amino-alcohol motifs (C(OH)–C–C–N with tert-alkyl or cyclic N) is 1. The van der Waals surface area contributed by atoms with Crippen LogP contribution in [0, 0.1) is 0 Å². The number of nitrogens with zero attached hydrogens (tertiary/aromatic N) is 1. The van der Waals surface area contributed by atoms with Gasteiger partial charge in [-0.05, 0) is 20.4 Å². The van der Waals surface area contributed by atoms with Crippen LogP contribution in [-0.4, -0.2) is 35.2 Å². The molecule has 1 aliphatic heterocycles. The van der Waals surface area contributed by atoms with Gasteiger partial charge in [-0.3, -0.25) is 4.90 Å². The van der Waals surface area contributed by atoms with E-state index in [1.54, 1.807) is 0 Å². The summed E-state index contributed by atoms with van der Waals surface area (Å²) in [4.78, 5) is 2.26. The maximum atomic E-state index is 9.86. The molecule has 0 spiro atoms. The normalized spacial score (nSPS) is 34.6. The highest BCUT2D eigenvalue weighted by atomic mass is 16.3. The van der Waals surface area contributed by atoms with E-state index in [1.165, 1.54) is 25.7 Å². The largest absolute Gasteiger partial charge is 0.387 e. The average molecular weight is 185 g/mol. The molecule has 0 aromatic heterocycles. The first-order valence-electron chi connectivity index (χ1n) is 5.50. The Kier molecular flexibility index (Phi) is 3.74. The molecule has 0 amide bonds. The second-order valence-electron chi connectivity index (χ2n) is 4.64. The van der Waals surface area contributed by atoms with Gasteiger partial charge < -0.3 is 5.11 Å². The van der Waals surface area contributed by atoms with Crippen molar-refractivity contribution in [3.8, 4) is 0 Å². The summed E-state index contributed by atoms with van der Waals surface area (Å²) >= 11 is 0. The van der Waals surface area contributed by atoms with E-state index in [-0.39, 0.29) is 0 Å². The zero-order valence-corrected chi connectivity index (χ0v) is 9.21. The summed E-state index contributed by atoms with van der Waals surface area (Å²) in [6.45, 7) is 5.02. The van der Waals surface area contributed by atoms with Gasteiger partial charge in [0, 0.05) is 12.6 Å². The molecule has 0 aromatic carbocycles. The minimum Gasteiger partial charge on any atom is -0.387 e. The van der Waals surface area contributed by atoms with Gasteiger partial charge >= 0.3 is 0 Å². The molecule has 1 aliphatic rings. The van der Waals surface area contributed by atoms with E-state index in [9.17, 15) is 5.11 Å². The fourth-order valence-electron chi connectivity index (χ4n) is 2.38. The number of likely N-dealkylation sites (tertiary alicyclic amines) is 1. The van der Waals surface area contributed by atoms with Crippen molar-refractivity contribution in [1.82, 2.24) is 4.90 Å². The lowest BCUT2D eigenvalue weighted by molar-refractivity contribution is -0.131. The molecule has 2 nitrogen and oxygen atoms in total. The van der Waals surface area contributed by atoms with Gasteiger partial charge in [0.25, 0.3) is 0 Å². The van der Waals surface area contributed by atoms with Gasteiger partial charge in [-0.25, -0.2) is 0 Å². The van der Waals surface area contributed by atoms with E-state index in [0.29, 0.717) is 6.04 Å². The van der Waals surface area contributed by atoms with E-state index >= 15 is 0 Å². The second kappa shape index (κ2) is 4.43. The summed E-state index contributed by atoms with van der Waals surface area (Å²) in [6.07, 6.45) is 6.36. The quantitative estimate of drug-likeness (QED) is 0.662. The Morgan fingerprint density at radius 1 is 1.38 bits per heavy atom. The number of hydrogen-bond donors (Lipinski definition) is 1. The first kappa shape index (κ1) is 11.0. The summed E-state index contributed by atoms with van der Waals surface area (Å²) < 4.78 is 0. The zero-order chi connectivity index (χ0) is 9.90. The van der Waals surface area contributed by atoms with Crippen LogP contribution < -0.4 is 0 Å².